The molecule has 0 aromatic heterocycles. The third kappa shape index (κ3) is 3.36. The Hall–Kier alpha value is -0.260. The summed E-state index contributed by atoms with van der Waals surface area (Å²) in [4.78, 5) is 0. The molecule has 0 aliphatic heterocycles. The summed E-state index contributed by atoms with van der Waals surface area (Å²) in [7, 11) is 0. The van der Waals surface area contributed by atoms with E-state index in [1.165, 1.54) is 69.8 Å². The molecule has 2 aliphatic carbocycles. The molecule has 2 aliphatic rings. The summed E-state index contributed by atoms with van der Waals surface area (Å²) in [6.07, 6.45) is 14.7. The molecular weight excluding hydrogens is 204 g/mol. The van der Waals surface area contributed by atoms with E-state index in [1.807, 2.05) is 0 Å². The molecule has 0 nitrogen and oxygen atoms in total. The summed E-state index contributed by atoms with van der Waals surface area (Å²) in [5.74, 6) is 1.99. The fraction of sp³-hybridized carbons (Fsp3) is 0.882. The maximum absolute atomic E-state index is 4.07. The van der Waals surface area contributed by atoms with E-state index in [4.69, 9.17) is 0 Å². The van der Waals surface area contributed by atoms with Crippen LogP contribution in [-0.2, 0) is 0 Å². The van der Waals surface area contributed by atoms with Crippen LogP contribution in [0.25, 0.3) is 0 Å². The molecule has 98 valence electrons. The van der Waals surface area contributed by atoms with Gasteiger partial charge in [0.05, 0.1) is 0 Å². The van der Waals surface area contributed by atoms with Gasteiger partial charge in [-0.25, -0.2) is 0 Å². The quantitative estimate of drug-likeness (QED) is 0.547. The minimum absolute atomic E-state index is 0.701. The smallest absolute Gasteiger partial charge is 0.0297 e. The topological polar surface area (TPSA) is 0 Å². The molecule has 0 heterocycles. The Morgan fingerprint density at radius 2 is 1.65 bits per heavy atom. The predicted octanol–water partition coefficient (Wildman–Crippen LogP) is 5.73. The number of hydrogen-bond acceptors (Lipinski definition) is 0. The van der Waals surface area contributed by atoms with E-state index in [0.29, 0.717) is 5.41 Å². The fourth-order valence-corrected chi connectivity index (χ4v) is 4.32. The molecule has 0 atom stereocenters. The second-order valence-corrected chi connectivity index (χ2v) is 7.09. The van der Waals surface area contributed by atoms with Crippen molar-refractivity contribution in [2.75, 3.05) is 0 Å². The van der Waals surface area contributed by atoms with Gasteiger partial charge in [-0.3, -0.25) is 0 Å². The molecule has 2 rings (SSSR count). The van der Waals surface area contributed by atoms with E-state index in [9.17, 15) is 0 Å². The average molecular weight is 234 g/mol. The van der Waals surface area contributed by atoms with Gasteiger partial charge >= 0.3 is 0 Å². The van der Waals surface area contributed by atoms with Crippen LogP contribution in [0.2, 0.25) is 0 Å². The molecule has 0 heteroatoms. The molecule has 0 radical (unpaired) electrons. The van der Waals surface area contributed by atoms with Gasteiger partial charge < -0.3 is 0 Å². The Balaban J connectivity index is 1.83. The van der Waals surface area contributed by atoms with E-state index >= 15 is 0 Å². The Morgan fingerprint density at radius 3 is 2.18 bits per heavy atom. The lowest BCUT2D eigenvalue weighted by Crippen LogP contribution is -2.32. The first-order valence-electron chi connectivity index (χ1n) is 7.74. The summed E-state index contributed by atoms with van der Waals surface area (Å²) < 4.78 is 0. The Bertz CT molecular complexity index is 249. The second-order valence-electron chi connectivity index (χ2n) is 7.09. The van der Waals surface area contributed by atoms with Gasteiger partial charge in [-0.15, -0.1) is 6.58 Å². The van der Waals surface area contributed by atoms with Crippen LogP contribution in [0.1, 0.15) is 78.1 Å². The molecule has 2 saturated carbocycles. The molecule has 0 saturated heterocycles. The highest BCUT2D eigenvalue weighted by Crippen LogP contribution is 2.49. The zero-order chi connectivity index (χ0) is 12.3. The third-order valence-corrected chi connectivity index (χ3v) is 5.47. The lowest BCUT2D eigenvalue weighted by Gasteiger charge is -2.44. The lowest BCUT2D eigenvalue weighted by atomic mass is 9.61. The minimum atomic E-state index is 0.701. The number of allylic oxidation sites excluding steroid dienone is 1. The minimum Gasteiger partial charge on any atom is -0.100 e. The van der Waals surface area contributed by atoms with Gasteiger partial charge in [0, 0.05) is 0 Å². The normalized spacial score (nSPS) is 33.3. The van der Waals surface area contributed by atoms with Crippen molar-refractivity contribution in [3.05, 3.63) is 12.2 Å². The van der Waals surface area contributed by atoms with E-state index in [1.54, 1.807) is 0 Å². The van der Waals surface area contributed by atoms with Gasteiger partial charge in [0.1, 0.15) is 0 Å². The van der Waals surface area contributed by atoms with Crippen molar-refractivity contribution in [3.63, 3.8) is 0 Å². The first-order chi connectivity index (χ1) is 8.10. The molecule has 0 aromatic carbocycles. The summed E-state index contributed by atoms with van der Waals surface area (Å²) in [6, 6.07) is 0. The Labute approximate surface area is 108 Å². The molecule has 0 N–H and O–H groups in total. The third-order valence-electron chi connectivity index (χ3n) is 5.47. The van der Waals surface area contributed by atoms with Crippen LogP contribution in [0.4, 0.5) is 0 Å². The maximum atomic E-state index is 4.07. The molecule has 0 spiro atoms. The van der Waals surface area contributed by atoms with Gasteiger partial charge in [-0.1, -0.05) is 31.8 Å². The summed E-state index contributed by atoms with van der Waals surface area (Å²) in [5, 5.41) is 0. The van der Waals surface area contributed by atoms with Crippen molar-refractivity contribution in [2.45, 2.75) is 78.1 Å². The number of rotatable bonds is 3. The SMILES string of the molecule is C=C(C)CC1CCC(C2(C)CCCCC2)CC1. The van der Waals surface area contributed by atoms with Crippen LogP contribution in [0.3, 0.4) is 0 Å². The van der Waals surface area contributed by atoms with Crippen molar-refractivity contribution in [1.29, 1.82) is 0 Å². The van der Waals surface area contributed by atoms with Crippen molar-refractivity contribution >= 4 is 0 Å². The highest BCUT2D eigenvalue weighted by Gasteiger charge is 2.37. The first kappa shape index (κ1) is 13.2. The monoisotopic (exact) mass is 234 g/mol. The second kappa shape index (κ2) is 5.59. The Morgan fingerprint density at radius 1 is 1.06 bits per heavy atom. The molecule has 0 aromatic rings. The van der Waals surface area contributed by atoms with Gasteiger partial charge in [-0.05, 0) is 69.1 Å². The van der Waals surface area contributed by atoms with Crippen LogP contribution >= 0.6 is 0 Å². The van der Waals surface area contributed by atoms with E-state index in [2.05, 4.69) is 20.4 Å². The largest absolute Gasteiger partial charge is 0.100 e. The molecule has 0 unspecified atom stereocenters. The van der Waals surface area contributed by atoms with E-state index < -0.39 is 0 Å². The predicted molar refractivity (Wildman–Crippen MR) is 76.1 cm³/mol. The summed E-state index contributed by atoms with van der Waals surface area (Å²) >= 11 is 0. The van der Waals surface area contributed by atoms with Crippen LogP contribution in [0.5, 0.6) is 0 Å². The van der Waals surface area contributed by atoms with Gasteiger partial charge in [0.15, 0.2) is 0 Å². The standard InChI is InChI=1S/C17H30/c1-14(2)13-15-7-9-16(10-8-15)17(3)11-5-4-6-12-17/h15-16H,1,4-13H2,2-3H3. The zero-order valence-corrected chi connectivity index (χ0v) is 11.9. The molecular formula is C17H30. The van der Waals surface area contributed by atoms with Gasteiger partial charge in [0.25, 0.3) is 0 Å². The zero-order valence-electron chi connectivity index (χ0n) is 11.9. The van der Waals surface area contributed by atoms with Crippen LogP contribution in [-0.4, -0.2) is 0 Å². The van der Waals surface area contributed by atoms with Gasteiger partial charge in [-0.2, -0.15) is 0 Å². The van der Waals surface area contributed by atoms with Crippen molar-refractivity contribution < 1.29 is 0 Å². The van der Waals surface area contributed by atoms with E-state index in [-0.39, 0.29) is 0 Å². The van der Waals surface area contributed by atoms with E-state index in [0.717, 1.165) is 11.8 Å². The van der Waals surface area contributed by atoms with Crippen LogP contribution < -0.4 is 0 Å². The first-order valence-corrected chi connectivity index (χ1v) is 7.74. The van der Waals surface area contributed by atoms with Crippen molar-refractivity contribution in [1.82, 2.24) is 0 Å². The Kier molecular flexibility index (Phi) is 4.33. The summed E-state index contributed by atoms with van der Waals surface area (Å²) in [5.41, 5.74) is 2.09. The average Bonchev–Trinajstić information content (AvgIpc) is 2.30. The van der Waals surface area contributed by atoms with Crippen molar-refractivity contribution in [2.24, 2.45) is 17.3 Å². The lowest BCUT2D eigenvalue weighted by molar-refractivity contribution is 0.0734. The summed E-state index contributed by atoms with van der Waals surface area (Å²) in [6.45, 7) is 8.84. The highest BCUT2D eigenvalue weighted by molar-refractivity contribution is 4.94. The van der Waals surface area contributed by atoms with Crippen molar-refractivity contribution in [3.8, 4) is 0 Å². The molecule has 2 fully saturated rings. The highest BCUT2D eigenvalue weighted by atomic mass is 14.4. The number of hydrogen-bond donors (Lipinski definition) is 0. The molecule has 0 amide bonds. The maximum Gasteiger partial charge on any atom is -0.0297 e. The van der Waals surface area contributed by atoms with Crippen LogP contribution in [0.15, 0.2) is 12.2 Å². The fourth-order valence-electron chi connectivity index (χ4n) is 4.32. The molecule has 17 heavy (non-hydrogen) atoms. The van der Waals surface area contributed by atoms with Gasteiger partial charge in [0.2, 0.25) is 0 Å². The van der Waals surface area contributed by atoms with Crippen LogP contribution in [0, 0.1) is 17.3 Å². The molecule has 0 bridgehead atoms.